The highest BCUT2D eigenvalue weighted by atomic mass is 35.5. The number of hydrogen-bond acceptors (Lipinski definition) is 4. The number of hydrogen-bond donors (Lipinski definition) is 2. The minimum Gasteiger partial charge on any atom is -0.492 e. The number of halogens is 1. The molecule has 0 aliphatic carbocycles. The van der Waals surface area contributed by atoms with Crippen LogP contribution >= 0.6 is 11.6 Å². The molecule has 1 aliphatic rings. The summed E-state index contributed by atoms with van der Waals surface area (Å²) in [6.07, 6.45) is 2.85. The van der Waals surface area contributed by atoms with E-state index in [2.05, 4.69) is 4.98 Å². The van der Waals surface area contributed by atoms with Gasteiger partial charge in [0.15, 0.2) is 6.29 Å². The topological polar surface area (TPSA) is 99.7 Å². The average molecular weight is 483 g/mol. The van der Waals surface area contributed by atoms with Gasteiger partial charge in [-0.25, -0.2) is 4.79 Å². The molecular weight excluding hydrogens is 456 g/mol. The second-order valence-corrected chi connectivity index (χ2v) is 9.24. The first kappa shape index (κ1) is 23.8. The third kappa shape index (κ3) is 4.80. The Morgan fingerprint density at radius 1 is 1.21 bits per heavy atom. The minimum atomic E-state index is -0.924. The number of benzene rings is 2. The standard InChI is InChI=1S/C26H27ClN2O5/c1-15-9-16(2)11-17(10-15)23-24(34-8-6-19-5-3-4-7-29(19)26(32)33)20-12-18(14-30)21(27)13-22(20)28-25(23)31/h9-14,19H,3-8H2,1-2H3,(H,28,31)(H,32,33). The summed E-state index contributed by atoms with van der Waals surface area (Å²) in [5.74, 6) is 0.362. The van der Waals surface area contributed by atoms with Crippen LogP contribution in [-0.2, 0) is 0 Å². The first-order valence-corrected chi connectivity index (χ1v) is 11.7. The van der Waals surface area contributed by atoms with E-state index in [0.717, 1.165) is 30.4 Å². The van der Waals surface area contributed by atoms with Gasteiger partial charge in [-0.2, -0.15) is 0 Å². The van der Waals surface area contributed by atoms with Crippen LogP contribution in [0.1, 0.15) is 47.2 Å². The molecule has 1 fully saturated rings. The normalized spacial score (nSPS) is 16.0. The third-order valence-corrected chi connectivity index (χ3v) is 6.62. The quantitative estimate of drug-likeness (QED) is 0.447. The van der Waals surface area contributed by atoms with Gasteiger partial charge in [0.25, 0.3) is 5.56 Å². The van der Waals surface area contributed by atoms with E-state index in [1.165, 1.54) is 4.90 Å². The number of nitrogens with zero attached hydrogens (tertiary/aromatic N) is 1. The SMILES string of the molecule is Cc1cc(C)cc(-c2c(OCCC3CCCCN3C(=O)O)c3cc(C=O)c(Cl)cc3[nH]c2=O)c1. The molecule has 0 spiro atoms. The summed E-state index contributed by atoms with van der Waals surface area (Å²) in [5.41, 5.74) is 3.52. The molecule has 3 aromatic rings. The van der Waals surface area contributed by atoms with Crippen LogP contribution < -0.4 is 10.3 Å². The number of pyridine rings is 1. The zero-order valence-electron chi connectivity index (χ0n) is 19.2. The number of aromatic amines is 1. The van der Waals surface area contributed by atoms with Crippen molar-refractivity contribution in [3.05, 3.63) is 62.4 Å². The van der Waals surface area contributed by atoms with Crippen molar-refractivity contribution in [3.63, 3.8) is 0 Å². The van der Waals surface area contributed by atoms with Crippen molar-refractivity contribution in [3.8, 4) is 16.9 Å². The number of amides is 1. The molecule has 1 aliphatic heterocycles. The summed E-state index contributed by atoms with van der Waals surface area (Å²) in [6.45, 7) is 4.66. The number of likely N-dealkylation sites (tertiary alicyclic amines) is 1. The zero-order chi connectivity index (χ0) is 24.4. The molecular formula is C26H27ClN2O5. The van der Waals surface area contributed by atoms with Crippen molar-refractivity contribution in [1.82, 2.24) is 9.88 Å². The Morgan fingerprint density at radius 3 is 2.62 bits per heavy atom. The molecule has 178 valence electrons. The first-order valence-electron chi connectivity index (χ1n) is 11.3. The number of piperidine rings is 1. The van der Waals surface area contributed by atoms with Crippen LogP contribution in [0.2, 0.25) is 5.02 Å². The lowest BCUT2D eigenvalue weighted by Crippen LogP contribution is -2.43. The van der Waals surface area contributed by atoms with Crippen molar-refractivity contribution in [2.24, 2.45) is 0 Å². The van der Waals surface area contributed by atoms with Crippen molar-refractivity contribution in [2.75, 3.05) is 13.2 Å². The van der Waals surface area contributed by atoms with Crippen LogP contribution in [0.3, 0.4) is 0 Å². The molecule has 34 heavy (non-hydrogen) atoms. The van der Waals surface area contributed by atoms with Crippen molar-refractivity contribution < 1.29 is 19.4 Å². The van der Waals surface area contributed by atoms with E-state index >= 15 is 0 Å². The molecule has 1 amide bonds. The molecule has 8 heteroatoms. The van der Waals surface area contributed by atoms with Crippen LogP contribution in [0.25, 0.3) is 22.0 Å². The van der Waals surface area contributed by atoms with Crippen LogP contribution in [0.15, 0.2) is 35.1 Å². The summed E-state index contributed by atoms with van der Waals surface area (Å²) in [4.78, 5) is 40.7. The number of rotatable bonds is 6. The minimum absolute atomic E-state index is 0.135. The van der Waals surface area contributed by atoms with E-state index < -0.39 is 6.09 Å². The molecule has 0 saturated carbocycles. The largest absolute Gasteiger partial charge is 0.492 e. The van der Waals surface area contributed by atoms with Gasteiger partial charge in [-0.1, -0.05) is 40.9 Å². The summed E-state index contributed by atoms with van der Waals surface area (Å²) >= 11 is 6.20. The molecule has 1 saturated heterocycles. The van der Waals surface area contributed by atoms with Gasteiger partial charge in [0.1, 0.15) is 5.75 Å². The molecule has 2 N–H and O–H groups in total. The van der Waals surface area contributed by atoms with Crippen molar-refractivity contribution in [1.29, 1.82) is 0 Å². The Labute approximate surface area is 202 Å². The highest BCUT2D eigenvalue weighted by Gasteiger charge is 2.26. The Morgan fingerprint density at radius 2 is 1.94 bits per heavy atom. The molecule has 0 bridgehead atoms. The molecule has 0 radical (unpaired) electrons. The monoisotopic (exact) mass is 482 g/mol. The lowest BCUT2D eigenvalue weighted by atomic mass is 9.98. The average Bonchev–Trinajstić information content (AvgIpc) is 2.78. The number of carboxylic acid groups (broad SMARTS) is 1. The van der Waals surface area contributed by atoms with E-state index in [9.17, 15) is 19.5 Å². The van der Waals surface area contributed by atoms with E-state index in [4.69, 9.17) is 16.3 Å². The van der Waals surface area contributed by atoms with Crippen LogP contribution in [0, 0.1) is 13.8 Å². The maximum Gasteiger partial charge on any atom is 0.407 e. The Bertz CT molecular complexity index is 1300. The van der Waals surface area contributed by atoms with Gasteiger partial charge < -0.3 is 19.7 Å². The van der Waals surface area contributed by atoms with Gasteiger partial charge in [-0.05, 0) is 50.8 Å². The van der Waals surface area contributed by atoms with Crippen LogP contribution in [-0.4, -0.2) is 46.6 Å². The Kier molecular flexibility index (Phi) is 6.93. The molecule has 1 unspecified atom stereocenters. The van der Waals surface area contributed by atoms with Crippen LogP contribution in [0.4, 0.5) is 4.79 Å². The lowest BCUT2D eigenvalue weighted by Gasteiger charge is -2.33. The smallest absolute Gasteiger partial charge is 0.407 e. The fourth-order valence-electron chi connectivity index (χ4n) is 4.77. The summed E-state index contributed by atoms with van der Waals surface area (Å²) in [7, 11) is 0. The van der Waals surface area contributed by atoms with Gasteiger partial charge in [0.05, 0.1) is 22.7 Å². The number of aldehydes is 1. The highest BCUT2D eigenvalue weighted by Crippen LogP contribution is 2.36. The second kappa shape index (κ2) is 9.89. The molecule has 7 nitrogen and oxygen atoms in total. The maximum atomic E-state index is 13.2. The predicted octanol–water partition coefficient (Wildman–Crippen LogP) is 5.58. The number of fused-ring (bicyclic) bond motifs is 1. The lowest BCUT2D eigenvalue weighted by molar-refractivity contribution is 0.0968. The number of H-pyrrole nitrogens is 1. The van der Waals surface area contributed by atoms with Gasteiger partial charge in [0.2, 0.25) is 0 Å². The molecule has 1 atom stereocenters. The van der Waals surface area contributed by atoms with E-state index in [1.807, 2.05) is 32.0 Å². The first-order chi connectivity index (χ1) is 16.3. The predicted molar refractivity (Wildman–Crippen MR) is 132 cm³/mol. The van der Waals surface area contributed by atoms with E-state index in [-0.39, 0.29) is 23.2 Å². The highest BCUT2D eigenvalue weighted by molar-refractivity contribution is 6.33. The Balaban J connectivity index is 1.79. The summed E-state index contributed by atoms with van der Waals surface area (Å²) in [6, 6.07) is 8.89. The zero-order valence-corrected chi connectivity index (χ0v) is 19.9. The second-order valence-electron chi connectivity index (χ2n) is 8.83. The molecule has 1 aromatic heterocycles. The fourth-order valence-corrected chi connectivity index (χ4v) is 4.98. The van der Waals surface area contributed by atoms with Gasteiger partial charge in [0, 0.05) is 30.0 Å². The van der Waals surface area contributed by atoms with Gasteiger partial charge in [-0.15, -0.1) is 0 Å². The number of aromatic nitrogens is 1. The van der Waals surface area contributed by atoms with E-state index in [0.29, 0.717) is 52.6 Å². The number of aryl methyl sites for hydroxylation is 2. The number of carbonyl (C=O) groups excluding carboxylic acids is 1. The molecule has 2 aromatic carbocycles. The molecule has 4 rings (SSSR count). The fraction of sp³-hybridized carbons (Fsp3) is 0.346. The maximum absolute atomic E-state index is 13.2. The summed E-state index contributed by atoms with van der Waals surface area (Å²) in [5, 5.41) is 10.3. The molecule has 2 heterocycles. The third-order valence-electron chi connectivity index (χ3n) is 6.29. The van der Waals surface area contributed by atoms with Crippen molar-refractivity contribution in [2.45, 2.75) is 45.6 Å². The van der Waals surface area contributed by atoms with Crippen molar-refractivity contribution >= 4 is 34.9 Å². The Hall–Kier alpha value is -3.32. The number of ether oxygens (including phenoxy) is 1. The number of carbonyl (C=O) groups is 2. The summed E-state index contributed by atoms with van der Waals surface area (Å²) < 4.78 is 6.24. The van der Waals surface area contributed by atoms with E-state index in [1.54, 1.807) is 12.1 Å². The number of nitrogens with one attached hydrogen (secondary N) is 1. The van der Waals surface area contributed by atoms with Gasteiger partial charge >= 0.3 is 6.09 Å². The van der Waals surface area contributed by atoms with Crippen LogP contribution in [0.5, 0.6) is 5.75 Å². The van der Waals surface area contributed by atoms with Gasteiger partial charge in [-0.3, -0.25) is 9.59 Å².